The van der Waals surface area contributed by atoms with Gasteiger partial charge in [0.15, 0.2) is 23.9 Å². The van der Waals surface area contributed by atoms with Gasteiger partial charge in [-0.15, -0.1) is 0 Å². The maximum atomic E-state index is 11.9. The fourth-order valence-electron chi connectivity index (χ4n) is 2.28. The quantitative estimate of drug-likeness (QED) is 0.557. The first-order valence-electron chi connectivity index (χ1n) is 7.45. The normalized spacial score (nSPS) is 12.0. The van der Waals surface area contributed by atoms with E-state index in [1.54, 1.807) is 24.3 Å². The molecule has 0 saturated carbocycles. The van der Waals surface area contributed by atoms with Gasteiger partial charge >= 0.3 is 5.97 Å². The van der Waals surface area contributed by atoms with Crippen LogP contribution in [-0.2, 0) is 16.0 Å². The average molecular weight is 391 g/mol. The first-order chi connectivity index (χ1) is 11.6. The van der Waals surface area contributed by atoms with E-state index in [1.807, 2.05) is 18.2 Å². The number of Topliss-reactive ketones (excluding diaryl/α,β-unsaturated/α-hetero) is 1. The van der Waals surface area contributed by atoms with Crippen molar-refractivity contribution in [3.05, 3.63) is 58.1 Å². The average Bonchev–Trinajstić information content (AvgIpc) is 3.06. The van der Waals surface area contributed by atoms with E-state index in [9.17, 15) is 9.59 Å². The van der Waals surface area contributed by atoms with Crippen LogP contribution < -0.4 is 9.47 Å². The number of ether oxygens (including phenoxy) is 3. The maximum Gasteiger partial charge on any atom is 0.306 e. The van der Waals surface area contributed by atoms with Gasteiger partial charge in [0.2, 0.25) is 6.79 Å². The minimum atomic E-state index is -0.405. The van der Waals surface area contributed by atoms with E-state index in [4.69, 9.17) is 14.2 Å². The molecule has 2 aromatic rings. The molecule has 0 saturated heterocycles. The van der Waals surface area contributed by atoms with E-state index in [2.05, 4.69) is 15.9 Å². The highest BCUT2D eigenvalue weighted by atomic mass is 79.9. The Kier molecular flexibility index (Phi) is 5.15. The Hall–Kier alpha value is -2.34. The summed E-state index contributed by atoms with van der Waals surface area (Å²) in [6.45, 7) is -0.0272. The van der Waals surface area contributed by atoms with Crippen molar-refractivity contribution in [2.45, 2.75) is 12.8 Å². The van der Waals surface area contributed by atoms with Gasteiger partial charge in [0.1, 0.15) is 0 Å². The molecule has 3 rings (SSSR count). The van der Waals surface area contributed by atoms with Crippen molar-refractivity contribution in [2.24, 2.45) is 0 Å². The molecule has 124 valence electrons. The van der Waals surface area contributed by atoms with Crippen LogP contribution in [-0.4, -0.2) is 25.2 Å². The summed E-state index contributed by atoms with van der Waals surface area (Å²) in [4.78, 5) is 23.7. The molecule has 0 N–H and O–H groups in total. The smallest absolute Gasteiger partial charge is 0.306 e. The second kappa shape index (κ2) is 7.49. The number of aryl methyl sites for hydroxylation is 1. The monoisotopic (exact) mass is 390 g/mol. The zero-order valence-corrected chi connectivity index (χ0v) is 14.4. The number of halogens is 1. The molecule has 0 aromatic heterocycles. The summed E-state index contributed by atoms with van der Waals surface area (Å²) < 4.78 is 16.5. The van der Waals surface area contributed by atoms with Crippen LogP contribution in [0, 0.1) is 0 Å². The minimum Gasteiger partial charge on any atom is -0.457 e. The molecule has 0 spiro atoms. The van der Waals surface area contributed by atoms with Crippen molar-refractivity contribution in [2.75, 3.05) is 13.4 Å². The van der Waals surface area contributed by atoms with Crippen molar-refractivity contribution < 1.29 is 23.8 Å². The van der Waals surface area contributed by atoms with Crippen LogP contribution in [0.25, 0.3) is 0 Å². The SMILES string of the molecule is O=C(CCc1ccc2c(c1)OCO2)OCC(=O)c1ccc(Br)cc1. The van der Waals surface area contributed by atoms with Gasteiger partial charge in [-0.25, -0.2) is 0 Å². The third-order valence-electron chi connectivity index (χ3n) is 3.59. The van der Waals surface area contributed by atoms with Crippen molar-refractivity contribution in [1.82, 2.24) is 0 Å². The molecule has 1 heterocycles. The predicted octanol–water partition coefficient (Wildman–Crippen LogP) is 3.54. The number of hydrogen-bond donors (Lipinski definition) is 0. The van der Waals surface area contributed by atoms with Gasteiger partial charge < -0.3 is 14.2 Å². The third kappa shape index (κ3) is 4.14. The number of rotatable bonds is 6. The standard InChI is InChI=1S/C18H15BrO5/c19-14-5-3-13(4-6-14)15(20)10-22-18(21)8-2-12-1-7-16-17(9-12)24-11-23-16/h1,3-7,9H,2,8,10-11H2. The first-order valence-corrected chi connectivity index (χ1v) is 8.24. The second-order valence-electron chi connectivity index (χ2n) is 5.28. The van der Waals surface area contributed by atoms with Crippen LogP contribution in [0.2, 0.25) is 0 Å². The number of hydrogen-bond acceptors (Lipinski definition) is 5. The Balaban J connectivity index is 1.46. The number of benzene rings is 2. The van der Waals surface area contributed by atoms with Gasteiger partial charge in [-0.2, -0.15) is 0 Å². The second-order valence-corrected chi connectivity index (χ2v) is 6.19. The first kappa shape index (κ1) is 16.5. The van der Waals surface area contributed by atoms with Crippen LogP contribution in [0.5, 0.6) is 11.5 Å². The van der Waals surface area contributed by atoms with Crippen LogP contribution in [0.4, 0.5) is 0 Å². The number of carbonyl (C=O) groups excluding carboxylic acids is 2. The van der Waals surface area contributed by atoms with Crippen molar-refractivity contribution in [1.29, 1.82) is 0 Å². The van der Waals surface area contributed by atoms with Crippen molar-refractivity contribution >= 4 is 27.7 Å². The highest BCUT2D eigenvalue weighted by Crippen LogP contribution is 2.32. The molecule has 0 atom stereocenters. The lowest BCUT2D eigenvalue weighted by molar-refractivity contribution is -0.142. The van der Waals surface area contributed by atoms with Gasteiger partial charge in [0.05, 0.1) is 0 Å². The number of esters is 1. The molecule has 0 bridgehead atoms. The molecular formula is C18H15BrO5. The van der Waals surface area contributed by atoms with E-state index < -0.39 is 5.97 Å². The van der Waals surface area contributed by atoms with Crippen LogP contribution >= 0.6 is 15.9 Å². The topological polar surface area (TPSA) is 61.8 Å². The Morgan fingerprint density at radius 2 is 1.79 bits per heavy atom. The molecule has 0 amide bonds. The summed E-state index contributed by atoms with van der Waals surface area (Å²) in [5.41, 5.74) is 1.47. The van der Waals surface area contributed by atoms with Gasteiger partial charge in [-0.1, -0.05) is 34.1 Å². The number of fused-ring (bicyclic) bond motifs is 1. The van der Waals surface area contributed by atoms with Gasteiger partial charge in [-0.05, 0) is 36.2 Å². The highest BCUT2D eigenvalue weighted by molar-refractivity contribution is 9.10. The Labute approximate surface area is 147 Å². The number of carbonyl (C=O) groups is 2. The summed E-state index contributed by atoms with van der Waals surface area (Å²) in [5, 5.41) is 0. The molecule has 0 aliphatic carbocycles. The number of ketones is 1. The highest BCUT2D eigenvalue weighted by Gasteiger charge is 2.14. The van der Waals surface area contributed by atoms with Gasteiger partial charge in [0.25, 0.3) is 0 Å². The Morgan fingerprint density at radius 3 is 2.58 bits per heavy atom. The van der Waals surface area contributed by atoms with Crippen LogP contribution in [0.15, 0.2) is 46.9 Å². The molecule has 0 fully saturated rings. The lowest BCUT2D eigenvalue weighted by Crippen LogP contribution is -2.14. The molecular weight excluding hydrogens is 376 g/mol. The van der Waals surface area contributed by atoms with E-state index in [-0.39, 0.29) is 25.6 Å². The molecule has 5 nitrogen and oxygen atoms in total. The Morgan fingerprint density at radius 1 is 1.04 bits per heavy atom. The molecule has 0 unspecified atom stereocenters. The summed E-state index contributed by atoms with van der Waals surface area (Å²) in [6.07, 6.45) is 0.717. The minimum absolute atomic E-state index is 0.202. The summed E-state index contributed by atoms with van der Waals surface area (Å²) in [5.74, 6) is 0.768. The lowest BCUT2D eigenvalue weighted by Gasteiger charge is -2.05. The molecule has 6 heteroatoms. The zero-order chi connectivity index (χ0) is 16.9. The fourth-order valence-corrected chi connectivity index (χ4v) is 2.54. The molecule has 2 aromatic carbocycles. The van der Waals surface area contributed by atoms with Crippen molar-refractivity contribution in [3.63, 3.8) is 0 Å². The summed E-state index contributed by atoms with van der Waals surface area (Å²) in [7, 11) is 0. The van der Waals surface area contributed by atoms with Crippen molar-refractivity contribution in [3.8, 4) is 11.5 Å². The van der Waals surface area contributed by atoms with E-state index in [0.717, 1.165) is 10.0 Å². The van der Waals surface area contributed by atoms with E-state index in [0.29, 0.717) is 23.5 Å². The zero-order valence-electron chi connectivity index (χ0n) is 12.8. The summed E-state index contributed by atoms with van der Waals surface area (Å²) in [6, 6.07) is 12.5. The predicted molar refractivity (Wildman–Crippen MR) is 90.3 cm³/mol. The fraction of sp³-hybridized carbons (Fsp3) is 0.222. The van der Waals surface area contributed by atoms with Crippen LogP contribution in [0.1, 0.15) is 22.3 Å². The molecule has 24 heavy (non-hydrogen) atoms. The van der Waals surface area contributed by atoms with Gasteiger partial charge in [0, 0.05) is 16.5 Å². The largest absolute Gasteiger partial charge is 0.457 e. The lowest BCUT2D eigenvalue weighted by atomic mass is 10.1. The third-order valence-corrected chi connectivity index (χ3v) is 4.11. The van der Waals surface area contributed by atoms with Crippen LogP contribution in [0.3, 0.4) is 0 Å². The van der Waals surface area contributed by atoms with Gasteiger partial charge in [-0.3, -0.25) is 9.59 Å². The summed E-state index contributed by atoms with van der Waals surface area (Å²) >= 11 is 3.30. The molecule has 0 radical (unpaired) electrons. The molecule has 1 aliphatic heterocycles. The maximum absolute atomic E-state index is 11.9. The molecule has 1 aliphatic rings. The van der Waals surface area contributed by atoms with E-state index >= 15 is 0 Å². The Bertz CT molecular complexity index is 755. The van der Waals surface area contributed by atoms with E-state index in [1.165, 1.54) is 0 Å².